The molecule has 37 heavy (non-hydrogen) atoms. The van der Waals surface area contributed by atoms with Crippen molar-refractivity contribution in [1.29, 1.82) is 0 Å². The van der Waals surface area contributed by atoms with Gasteiger partial charge in [0.05, 0.1) is 16.6 Å². The van der Waals surface area contributed by atoms with Crippen molar-refractivity contribution >= 4 is 32.6 Å². The molecule has 2 amide bonds. The number of aromatic nitrogens is 2. The van der Waals surface area contributed by atoms with Gasteiger partial charge in [0.2, 0.25) is 10.0 Å². The number of benzene rings is 3. The van der Waals surface area contributed by atoms with Gasteiger partial charge in [-0.05, 0) is 77.9 Å². The van der Waals surface area contributed by atoms with E-state index in [2.05, 4.69) is 52.8 Å². The molecule has 0 unspecified atom stereocenters. The third-order valence-corrected chi connectivity index (χ3v) is 8.95. The molecular weight excluding hydrogens is 486 g/mol. The molecule has 6 rings (SSSR count). The Morgan fingerprint density at radius 3 is 2.59 bits per heavy atom. The molecule has 1 aromatic heterocycles. The number of rotatable bonds is 4. The quantitative estimate of drug-likeness (QED) is 0.364. The van der Waals surface area contributed by atoms with Gasteiger partial charge < -0.3 is 5.32 Å². The van der Waals surface area contributed by atoms with Gasteiger partial charge in [-0.15, -0.1) is 0 Å². The molecule has 2 aliphatic rings. The maximum atomic E-state index is 13.4. The Morgan fingerprint density at radius 1 is 1.11 bits per heavy atom. The van der Waals surface area contributed by atoms with E-state index in [-0.39, 0.29) is 16.3 Å². The van der Waals surface area contributed by atoms with E-state index in [1.54, 1.807) is 12.1 Å². The Bertz CT molecular complexity index is 1620. The number of primary sulfonamides is 1. The highest BCUT2D eigenvalue weighted by atomic mass is 32.2. The van der Waals surface area contributed by atoms with Gasteiger partial charge in [-0.2, -0.15) is 5.10 Å². The average Bonchev–Trinajstić information content (AvgIpc) is 3.63. The largest absolute Gasteiger partial charge is 0.334 e. The fourth-order valence-corrected chi connectivity index (χ4v) is 6.55. The molecule has 9 heteroatoms. The number of carbonyl (C=O) groups is 1. The van der Waals surface area contributed by atoms with E-state index in [9.17, 15) is 13.2 Å². The predicted molar refractivity (Wildman–Crippen MR) is 144 cm³/mol. The van der Waals surface area contributed by atoms with Crippen molar-refractivity contribution in [3.05, 3.63) is 77.5 Å². The maximum Gasteiger partial charge on any atom is 0.322 e. The lowest BCUT2D eigenvalue weighted by atomic mass is 9.79. The highest BCUT2D eigenvalue weighted by molar-refractivity contribution is 7.89. The Balaban J connectivity index is 1.28. The van der Waals surface area contributed by atoms with Crippen molar-refractivity contribution < 1.29 is 13.2 Å². The van der Waals surface area contributed by atoms with E-state index in [1.807, 2.05) is 11.1 Å². The first-order valence-corrected chi connectivity index (χ1v) is 14.0. The molecule has 0 radical (unpaired) electrons. The molecule has 190 valence electrons. The Morgan fingerprint density at radius 2 is 1.86 bits per heavy atom. The first-order valence-electron chi connectivity index (χ1n) is 12.5. The minimum atomic E-state index is -3.74. The highest BCUT2D eigenvalue weighted by Crippen LogP contribution is 2.51. The Labute approximate surface area is 215 Å². The molecule has 1 saturated carbocycles. The van der Waals surface area contributed by atoms with Gasteiger partial charge in [-0.1, -0.05) is 37.1 Å². The summed E-state index contributed by atoms with van der Waals surface area (Å²) in [5, 5.41) is 16.5. The van der Waals surface area contributed by atoms with Gasteiger partial charge in [0.15, 0.2) is 0 Å². The molecule has 0 bridgehead atoms. The van der Waals surface area contributed by atoms with Crippen LogP contribution >= 0.6 is 0 Å². The predicted octanol–water partition coefficient (Wildman–Crippen LogP) is 4.73. The summed E-state index contributed by atoms with van der Waals surface area (Å²) in [6.45, 7) is 3.09. The molecule has 0 saturated heterocycles. The summed E-state index contributed by atoms with van der Waals surface area (Å²) in [4.78, 5) is 15.3. The van der Waals surface area contributed by atoms with Gasteiger partial charge >= 0.3 is 6.03 Å². The van der Waals surface area contributed by atoms with Crippen LogP contribution in [0.2, 0.25) is 0 Å². The fraction of sp³-hybridized carbons (Fsp3) is 0.286. The number of amides is 2. The lowest BCUT2D eigenvalue weighted by Crippen LogP contribution is -2.41. The van der Waals surface area contributed by atoms with Crippen LogP contribution in [-0.4, -0.2) is 31.2 Å². The number of hydrogen-bond acceptors (Lipinski definition) is 4. The number of aryl methyl sites for hydroxylation is 1. The van der Waals surface area contributed by atoms with Crippen LogP contribution in [0, 0.1) is 6.92 Å². The molecule has 8 nitrogen and oxygen atoms in total. The number of anilines is 1. The van der Waals surface area contributed by atoms with Crippen LogP contribution < -0.4 is 15.4 Å². The number of aromatic amines is 1. The summed E-state index contributed by atoms with van der Waals surface area (Å²) in [6, 6.07) is 16.8. The van der Waals surface area contributed by atoms with E-state index in [0.717, 1.165) is 53.4 Å². The van der Waals surface area contributed by atoms with E-state index in [1.165, 1.54) is 28.8 Å². The minimum absolute atomic E-state index is 0.0204. The molecule has 2 heterocycles. The zero-order valence-electron chi connectivity index (χ0n) is 20.6. The van der Waals surface area contributed by atoms with Crippen LogP contribution in [0.4, 0.5) is 10.5 Å². The Hall–Kier alpha value is -3.69. The Kier molecular flexibility index (Phi) is 5.58. The van der Waals surface area contributed by atoms with Crippen LogP contribution in [0.1, 0.15) is 42.4 Å². The summed E-state index contributed by atoms with van der Waals surface area (Å²) in [5.74, 6) is 0. The van der Waals surface area contributed by atoms with Crippen LogP contribution in [0.3, 0.4) is 0 Å². The van der Waals surface area contributed by atoms with Gasteiger partial charge in [-0.25, -0.2) is 18.4 Å². The molecule has 3 aromatic carbocycles. The maximum absolute atomic E-state index is 13.4. The molecule has 4 aromatic rings. The van der Waals surface area contributed by atoms with Gasteiger partial charge in [0.25, 0.3) is 0 Å². The highest BCUT2D eigenvalue weighted by Gasteiger charge is 2.46. The third-order valence-electron chi connectivity index (χ3n) is 8.03. The van der Waals surface area contributed by atoms with Crippen LogP contribution in [0.5, 0.6) is 0 Å². The number of nitrogens with two attached hydrogens (primary N) is 1. The molecule has 1 aliphatic heterocycles. The summed E-state index contributed by atoms with van der Waals surface area (Å²) in [7, 11) is -3.74. The van der Waals surface area contributed by atoms with Crippen LogP contribution in [0.15, 0.2) is 65.7 Å². The van der Waals surface area contributed by atoms with Gasteiger partial charge in [-0.3, -0.25) is 10.00 Å². The lowest BCUT2D eigenvalue weighted by Gasteiger charge is -2.25. The first kappa shape index (κ1) is 23.7. The van der Waals surface area contributed by atoms with Crippen molar-refractivity contribution in [2.24, 2.45) is 5.14 Å². The van der Waals surface area contributed by atoms with Gasteiger partial charge in [0, 0.05) is 29.6 Å². The number of carbonyl (C=O) groups excluding carboxylic acids is 1. The van der Waals surface area contributed by atoms with E-state index < -0.39 is 10.0 Å². The monoisotopic (exact) mass is 515 g/mol. The summed E-state index contributed by atoms with van der Waals surface area (Å²) in [5.41, 5.74) is 7.55. The molecule has 1 spiro atoms. The SMILES string of the molecule is Cc1c(-c2ccc3c(c2)C2(CCCC2)CN3C(=O)NCc2ccc(S(N)(=O)=O)cc2)ccc2[nH]ncc12. The average molecular weight is 516 g/mol. The summed E-state index contributed by atoms with van der Waals surface area (Å²) in [6.07, 6.45) is 6.34. The second-order valence-corrected chi connectivity index (χ2v) is 11.8. The normalized spacial score (nSPS) is 16.4. The summed E-state index contributed by atoms with van der Waals surface area (Å²) < 4.78 is 23.0. The number of hydrogen-bond donors (Lipinski definition) is 3. The van der Waals surface area contributed by atoms with Gasteiger partial charge in [0.1, 0.15) is 0 Å². The smallest absolute Gasteiger partial charge is 0.322 e. The summed E-state index contributed by atoms with van der Waals surface area (Å²) >= 11 is 0. The number of H-pyrrole nitrogens is 1. The number of nitrogens with one attached hydrogen (secondary N) is 2. The number of sulfonamides is 1. The zero-order valence-corrected chi connectivity index (χ0v) is 21.4. The molecule has 4 N–H and O–H groups in total. The van der Waals surface area contributed by atoms with E-state index in [0.29, 0.717) is 13.1 Å². The van der Waals surface area contributed by atoms with Crippen LogP contribution in [-0.2, 0) is 22.0 Å². The second-order valence-electron chi connectivity index (χ2n) is 10.2. The number of fused-ring (bicyclic) bond motifs is 3. The number of nitrogens with zero attached hydrogens (tertiary/aromatic N) is 2. The van der Waals surface area contributed by atoms with E-state index >= 15 is 0 Å². The zero-order chi connectivity index (χ0) is 25.8. The van der Waals surface area contributed by atoms with Crippen molar-refractivity contribution in [3.8, 4) is 11.1 Å². The first-order chi connectivity index (χ1) is 17.7. The molecular formula is C28H29N5O3S. The second kappa shape index (κ2) is 8.71. The lowest BCUT2D eigenvalue weighted by molar-refractivity contribution is 0.245. The van der Waals surface area contributed by atoms with Crippen molar-refractivity contribution in [1.82, 2.24) is 15.5 Å². The third kappa shape index (κ3) is 4.08. The molecule has 1 fully saturated rings. The van der Waals surface area contributed by atoms with E-state index in [4.69, 9.17) is 5.14 Å². The molecule has 1 aliphatic carbocycles. The molecule has 0 atom stereocenters. The number of urea groups is 1. The van der Waals surface area contributed by atoms with Crippen LogP contribution in [0.25, 0.3) is 22.0 Å². The standard InChI is InChI=1S/C28H29N5O3S/c1-18-22(9-10-25-23(18)16-31-32-25)20-6-11-26-24(14-20)28(12-2-3-13-28)17-33(26)27(34)30-15-19-4-7-21(8-5-19)37(29,35)36/h4-11,14,16H,2-3,12-13,15,17H2,1H3,(H,30,34)(H,31,32)(H2,29,35,36). The minimum Gasteiger partial charge on any atom is -0.334 e. The van der Waals surface area contributed by atoms with Crippen molar-refractivity contribution in [2.75, 3.05) is 11.4 Å². The topological polar surface area (TPSA) is 121 Å². The van der Waals surface area contributed by atoms with Crippen molar-refractivity contribution in [2.45, 2.75) is 49.5 Å². The van der Waals surface area contributed by atoms with Crippen molar-refractivity contribution in [3.63, 3.8) is 0 Å². The fourth-order valence-electron chi connectivity index (χ4n) is 6.04.